The molecule has 0 aliphatic rings. The predicted octanol–water partition coefficient (Wildman–Crippen LogP) is 3.38. The molecule has 0 N–H and O–H groups in total. The molecule has 98 valence electrons. The lowest BCUT2D eigenvalue weighted by Gasteiger charge is -2.20. The van der Waals surface area contributed by atoms with Crippen LogP contribution in [-0.4, -0.2) is 25.6 Å². The number of hydrogen-bond acceptors (Lipinski definition) is 3. The van der Waals surface area contributed by atoms with Gasteiger partial charge in [-0.1, -0.05) is 0 Å². The molecule has 0 radical (unpaired) electrons. The van der Waals surface area contributed by atoms with Crippen molar-refractivity contribution in [3.63, 3.8) is 0 Å². The molecule has 0 fully saturated rings. The number of hydrogen-bond donors (Lipinski definition) is 0. The van der Waals surface area contributed by atoms with Crippen LogP contribution in [0.1, 0.15) is 11.1 Å². The highest BCUT2D eigenvalue weighted by Crippen LogP contribution is 2.32. The van der Waals surface area contributed by atoms with Crippen LogP contribution in [0.15, 0.2) is 18.2 Å². The first kappa shape index (κ1) is 14.7. The first-order chi connectivity index (χ1) is 8.40. The lowest BCUT2D eigenvalue weighted by molar-refractivity contribution is -0.137. The minimum Gasteiger partial charge on any atom is -0.373 e. The van der Waals surface area contributed by atoms with Crippen molar-refractivity contribution < 1.29 is 13.2 Å². The number of nitrogens with zero attached hydrogens (tertiary/aromatic N) is 2. The number of alkyl halides is 3. The fraction of sp³-hybridized carbons (Fsp3) is 0.417. The summed E-state index contributed by atoms with van der Waals surface area (Å²) in [6, 6.07) is 5.07. The molecule has 6 heteroatoms. The molecule has 1 rings (SSSR count). The minimum absolute atomic E-state index is 0.0495. The second-order valence-electron chi connectivity index (χ2n) is 3.76. The van der Waals surface area contributed by atoms with Gasteiger partial charge in [-0.15, -0.1) is 0 Å². The van der Waals surface area contributed by atoms with E-state index in [2.05, 4.69) is 0 Å². The molecule has 0 spiro atoms. The van der Waals surface area contributed by atoms with E-state index >= 15 is 0 Å². The van der Waals surface area contributed by atoms with Gasteiger partial charge in [0.05, 0.1) is 16.8 Å². The van der Waals surface area contributed by atoms with Crippen LogP contribution in [0.2, 0.25) is 0 Å². The zero-order valence-electron chi connectivity index (χ0n) is 10.1. The number of halogens is 3. The molecule has 0 amide bonds. The zero-order chi connectivity index (χ0) is 13.8. The summed E-state index contributed by atoms with van der Waals surface area (Å²) in [4.78, 5) is 1.79. The van der Waals surface area contributed by atoms with E-state index in [1.54, 1.807) is 23.7 Å². The van der Waals surface area contributed by atoms with Crippen LogP contribution in [0.4, 0.5) is 18.9 Å². The first-order valence-corrected chi connectivity index (χ1v) is 6.61. The molecule has 18 heavy (non-hydrogen) atoms. The molecule has 0 heterocycles. The summed E-state index contributed by atoms with van der Waals surface area (Å²) in [5.41, 5.74) is -0.214. The zero-order valence-corrected chi connectivity index (χ0v) is 10.9. The molecule has 0 atom stereocenters. The van der Waals surface area contributed by atoms with Gasteiger partial charge in [-0.3, -0.25) is 0 Å². The van der Waals surface area contributed by atoms with Gasteiger partial charge in [-0.25, -0.2) is 0 Å². The van der Waals surface area contributed by atoms with Crippen molar-refractivity contribution in [2.24, 2.45) is 0 Å². The van der Waals surface area contributed by atoms with Crippen LogP contribution in [-0.2, 0) is 6.18 Å². The van der Waals surface area contributed by atoms with E-state index in [0.717, 1.165) is 17.9 Å². The molecular weight excluding hydrogens is 261 g/mol. The fourth-order valence-electron chi connectivity index (χ4n) is 1.48. The molecule has 0 saturated carbocycles. The third kappa shape index (κ3) is 3.57. The first-order valence-electron chi connectivity index (χ1n) is 5.21. The van der Waals surface area contributed by atoms with Gasteiger partial charge >= 0.3 is 6.18 Å². The van der Waals surface area contributed by atoms with Crippen molar-refractivity contribution in [2.75, 3.05) is 30.5 Å². The molecule has 1 aromatic rings. The Morgan fingerprint density at radius 1 is 1.39 bits per heavy atom. The average molecular weight is 274 g/mol. The topological polar surface area (TPSA) is 27.0 Å². The van der Waals surface area contributed by atoms with E-state index < -0.39 is 11.7 Å². The van der Waals surface area contributed by atoms with Gasteiger partial charge in [0, 0.05) is 19.3 Å². The van der Waals surface area contributed by atoms with Crippen molar-refractivity contribution in [3.05, 3.63) is 29.3 Å². The van der Waals surface area contributed by atoms with Crippen molar-refractivity contribution in [2.45, 2.75) is 6.18 Å². The lowest BCUT2D eigenvalue weighted by atomic mass is 10.1. The van der Waals surface area contributed by atoms with Crippen molar-refractivity contribution in [3.8, 4) is 6.07 Å². The van der Waals surface area contributed by atoms with E-state index in [1.807, 2.05) is 12.3 Å². The van der Waals surface area contributed by atoms with Crippen LogP contribution >= 0.6 is 11.8 Å². The average Bonchev–Trinajstić information content (AvgIpc) is 2.34. The maximum Gasteiger partial charge on any atom is 0.416 e. The molecule has 0 aliphatic heterocycles. The van der Waals surface area contributed by atoms with Gasteiger partial charge in [-0.05, 0) is 24.5 Å². The number of anilines is 1. The van der Waals surface area contributed by atoms with Gasteiger partial charge in [0.25, 0.3) is 0 Å². The van der Waals surface area contributed by atoms with Crippen LogP contribution in [0.25, 0.3) is 0 Å². The lowest BCUT2D eigenvalue weighted by Crippen LogP contribution is -2.21. The normalized spacial score (nSPS) is 11.1. The molecule has 0 saturated heterocycles. The summed E-state index contributed by atoms with van der Waals surface area (Å²) in [7, 11) is 1.76. The van der Waals surface area contributed by atoms with Crippen molar-refractivity contribution in [1.82, 2.24) is 0 Å². The van der Waals surface area contributed by atoms with Crippen LogP contribution < -0.4 is 4.90 Å². The highest BCUT2D eigenvalue weighted by Gasteiger charge is 2.31. The number of rotatable bonds is 4. The Kier molecular flexibility index (Phi) is 4.91. The molecular formula is C12H13F3N2S. The van der Waals surface area contributed by atoms with Crippen molar-refractivity contribution in [1.29, 1.82) is 5.26 Å². The van der Waals surface area contributed by atoms with Gasteiger partial charge < -0.3 is 4.90 Å². The van der Waals surface area contributed by atoms with E-state index in [9.17, 15) is 13.2 Å². The Bertz CT molecular complexity index is 452. The maximum absolute atomic E-state index is 12.5. The van der Waals surface area contributed by atoms with Gasteiger partial charge in [0.15, 0.2) is 0 Å². The van der Waals surface area contributed by atoms with Gasteiger partial charge in [0.1, 0.15) is 6.07 Å². The Labute approximate surface area is 108 Å². The number of nitriles is 1. The Balaban J connectivity index is 3.05. The molecule has 0 bridgehead atoms. The monoisotopic (exact) mass is 274 g/mol. The second-order valence-corrected chi connectivity index (χ2v) is 4.74. The van der Waals surface area contributed by atoms with E-state index in [-0.39, 0.29) is 5.56 Å². The fourth-order valence-corrected chi connectivity index (χ4v) is 1.94. The van der Waals surface area contributed by atoms with Crippen molar-refractivity contribution >= 4 is 17.4 Å². The molecule has 2 nitrogen and oxygen atoms in total. The maximum atomic E-state index is 12.5. The quantitative estimate of drug-likeness (QED) is 0.842. The molecule has 1 aromatic carbocycles. The Morgan fingerprint density at radius 3 is 2.56 bits per heavy atom. The van der Waals surface area contributed by atoms with Crippen LogP contribution in [0.5, 0.6) is 0 Å². The number of benzene rings is 1. The SMILES string of the molecule is CSCCN(C)c1ccc(C(F)(F)F)cc1C#N. The third-order valence-corrected chi connectivity index (χ3v) is 3.08. The highest BCUT2D eigenvalue weighted by molar-refractivity contribution is 7.98. The van der Waals surface area contributed by atoms with Crippen LogP contribution in [0, 0.1) is 11.3 Å². The van der Waals surface area contributed by atoms with Gasteiger partial charge in [0.2, 0.25) is 0 Å². The van der Waals surface area contributed by atoms with Gasteiger partial charge in [-0.2, -0.15) is 30.2 Å². The highest BCUT2D eigenvalue weighted by atomic mass is 32.2. The summed E-state index contributed by atoms with van der Waals surface area (Å²) >= 11 is 1.64. The molecule has 0 aliphatic carbocycles. The largest absolute Gasteiger partial charge is 0.416 e. The van der Waals surface area contributed by atoms with E-state index in [1.165, 1.54) is 6.07 Å². The van der Waals surface area contributed by atoms with E-state index in [0.29, 0.717) is 12.2 Å². The summed E-state index contributed by atoms with van der Waals surface area (Å²) in [6.07, 6.45) is -2.46. The standard InChI is InChI=1S/C12H13F3N2S/c1-17(5-6-18-2)11-4-3-10(12(13,14)15)7-9(11)8-16/h3-4,7H,5-6H2,1-2H3. The van der Waals surface area contributed by atoms with E-state index in [4.69, 9.17) is 5.26 Å². The second kappa shape index (κ2) is 6.01. The summed E-state index contributed by atoms with van der Waals surface area (Å²) in [5, 5.41) is 8.93. The molecule has 0 unspecified atom stereocenters. The summed E-state index contributed by atoms with van der Waals surface area (Å²) < 4.78 is 37.5. The minimum atomic E-state index is -4.41. The number of thioether (sulfide) groups is 1. The molecule has 0 aromatic heterocycles. The van der Waals surface area contributed by atoms with Crippen LogP contribution in [0.3, 0.4) is 0 Å². The Morgan fingerprint density at radius 2 is 2.06 bits per heavy atom. The summed E-state index contributed by atoms with van der Waals surface area (Å²) in [5.74, 6) is 0.850. The summed E-state index contributed by atoms with van der Waals surface area (Å²) in [6.45, 7) is 0.682. The predicted molar refractivity (Wildman–Crippen MR) is 67.8 cm³/mol. The Hall–Kier alpha value is -1.35. The third-order valence-electron chi connectivity index (χ3n) is 2.49. The smallest absolute Gasteiger partial charge is 0.373 e.